The number of aromatic nitrogens is 2. The number of sulfonamides is 1. The molecule has 9 heteroatoms. The third kappa shape index (κ3) is 4.75. The van der Waals surface area contributed by atoms with Crippen LogP contribution in [0.15, 0.2) is 53.4 Å². The maximum atomic E-state index is 13.1. The molecule has 8 nitrogen and oxygen atoms in total. The zero-order valence-electron chi connectivity index (χ0n) is 19.0. The van der Waals surface area contributed by atoms with E-state index >= 15 is 0 Å². The molecule has 2 aliphatic rings. The summed E-state index contributed by atoms with van der Waals surface area (Å²) < 4.78 is 34.7. The van der Waals surface area contributed by atoms with Crippen molar-refractivity contribution in [2.24, 2.45) is 5.92 Å². The zero-order chi connectivity index (χ0) is 23.9. The van der Waals surface area contributed by atoms with Crippen molar-refractivity contribution in [3.8, 4) is 17.1 Å². The molecule has 0 saturated heterocycles. The first-order chi connectivity index (χ1) is 16.3. The normalized spacial score (nSPS) is 19.5. The van der Waals surface area contributed by atoms with Crippen LogP contribution in [0, 0.1) is 19.8 Å². The van der Waals surface area contributed by atoms with E-state index in [0.29, 0.717) is 11.6 Å². The van der Waals surface area contributed by atoms with Gasteiger partial charge in [-0.2, -0.15) is 4.98 Å². The molecule has 1 amide bonds. The van der Waals surface area contributed by atoms with Crippen molar-refractivity contribution in [1.29, 1.82) is 0 Å². The van der Waals surface area contributed by atoms with Gasteiger partial charge in [0.1, 0.15) is 6.61 Å². The summed E-state index contributed by atoms with van der Waals surface area (Å²) in [7, 11) is -4.03. The molecular formula is C25H26N4O4S. The second kappa shape index (κ2) is 8.72. The van der Waals surface area contributed by atoms with Crippen LogP contribution < -0.4 is 14.8 Å². The Kier molecular flexibility index (Phi) is 5.73. The molecule has 3 aromatic rings. The van der Waals surface area contributed by atoms with E-state index in [1.54, 1.807) is 18.2 Å². The van der Waals surface area contributed by atoms with Gasteiger partial charge in [-0.15, -0.1) is 0 Å². The van der Waals surface area contributed by atoms with E-state index in [4.69, 9.17) is 4.74 Å². The summed E-state index contributed by atoms with van der Waals surface area (Å²) in [6.07, 6.45) is 3.07. The Balaban J connectivity index is 1.62. The zero-order valence-corrected chi connectivity index (χ0v) is 19.9. The highest BCUT2D eigenvalue weighted by Gasteiger charge is 2.28. The second-order valence-corrected chi connectivity index (χ2v) is 10.7. The first kappa shape index (κ1) is 22.3. The van der Waals surface area contributed by atoms with Crippen LogP contribution in [-0.4, -0.2) is 36.9 Å². The van der Waals surface area contributed by atoms with E-state index < -0.39 is 10.0 Å². The summed E-state index contributed by atoms with van der Waals surface area (Å²) in [5, 5.41) is 3.01. The molecule has 1 aliphatic heterocycles. The Morgan fingerprint density at radius 2 is 1.76 bits per heavy atom. The minimum atomic E-state index is -4.03. The van der Waals surface area contributed by atoms with Crippen molar-refractivity contribution < 1.29 is 17.9 Å². The monoisotopic (exact) mass is 478 g/mol. The molecule has 0 unspecified atom stereocenters. The third-order valence-corrected chi connectivity index (χ3v) is 7.48. The summed E-state index contributed by atoms with van der Waals surface area (Å²) in [6.45, 7) is 4.17. The minimum absolute atomic E-state index is 0.0401. The largest absolute Gasteiger partial charge is 0.475 e. The van der Waals surface area contributed by atoms with Crippen molar-refractivity contribution >= 4 is 21.9 Å². The van der Waals surface area contributed by atoms with Gasteiger partial charge in [0.2, 0.25) is 11.8 Å². The molecule has 1 fully saturated rings. The third-order valence-electron chi connectivity index (χ3n) is 6.15. The molecule has 0 spiro atoms. The van der Waals surface area contributed by atoms with Gasteiger partial charge in [0, 0.05) is 17.2 Å². The van der Waals surface area contributed by atoms with Crippen molar-refractivity contribution in [2.75, 3.05) is 11.3 Å². The van der Waals surface area contributed by atoms with Gasteiger partial charge in [0.15, 0.2) is 0 Å². The van der Waals surface area contributed by atoms with Crippen molar-refractivity contribution in [2.45, 2.75) is 44.0 Å². The lowest BCUT2D eigenvalue weighted by atomic mass is 10.00. The van der Waals surface area contributed by atoms with Crippen LogP contribution >= 0.6 is 0 Å². The van der Waals surface area contributed by atoms with E-state index in [-0.39, 0.29) is 40.8 Å². The van der Waals surface area contributed by atoms with Gasteiger partial charge in [0.05, 0.1) is 16.6 Å². The Morgan fingerprint density at radius 1 is 1.03 bits per heavy atom. The molecule has 34 heavy (non-hydrogen) atoms. The molecule has 1 atom stereocenters. The topological polar surface area (TPSA) is 110 Å². The number of hydrogen-bond acceptors (Lipinski definition) is 6. The van der Waals surface area contributed by atoms with Crippen LogP contribution in [0.2, 0.25) is 0 Å². The first-order valence-electron chi connectivity index (χ1n) is 11.3. The standard InChI is InChI=1S/C25H26N4O4S/c1-15-5-3-6-16(2)23(15)21-13-22-28-25(27-21)29-34(31,32)20-8-4-7-18(12-20)24(30)26-19(14-33-22)11-17-9-10-17/h3-8,12-13,17,19H,9-11,14H2,1-2H3,(H,26,30)(H,27,28,29)/t19-/m1/s1. The molecule has 2 N–H and O–H groups in total. The fourth-order valence-corrected chi connectivity index (χ4v) is 5.24. The van der Waals surface area contributed by atoms with E-state index in [2.05, 4.69) is 20.0 Å². The summed E-state index contributed by atoms with van der Waals surface area (Å²) >= 11 is 0. The van der Waals surface area contributed by atoms with E-state index in [9.17, 15) is 13.2 Å². The number of nitrogens with zero attached hydrogens (tertiary/aromatic N) is 2. The summed E-state index contributed by atoms with van der Waals surface area (Å²) in [6, 6.07) is 13.3. The van der Waals surface area contributed by atoms with Gasteiger partial charge in [-0.1, -0.05) is 37.1 Å². The minimum Gasteiger partial charge on any atom is -0.475 e. The molecule has 1 aliphatic carbocycles. The van der Waals surface area contributed by atoms with E-state index in [0.717, 1.165) is 36.0 Å². The predicted octanol–water partition coefficient (Wildman–Crippen LogP) is 3.85. The molecule has 4 bridgehead atoms. The van der Waals surface area contributed by atoms with Gasteiger partial charge in [-0.3, -0.25) is 4.79 Å². The molecule has 2 heterocycles. The van der Waals surface area contributed by atoms with Gasteiger partial charge in [-0.25, -0.2) is 18.1 Å². The molecule has 0 radical (unpaired) electrons. The number of carbonyl (C=O) groups excluding carboxylic acids is 1. The molecular weight excluding hydrogens is 452 g/mol. The number of hydrogen-bond donors (Lipinski definition) is 2. The average Bonchev–Trinajstić information content (AvgIpc) is 3.60. The quantitative estimate of drug-likeness (QED) is 0.592. The summed E-state index contributed by atoms with van der Waals surface area (Å²) in [5.74, 6) is 0.382. The molecule has 176 valence electrons. The fraction of sp³-hybridized carbons (Fsp3) is 0.320. The number of carbonyl (C=O) groups is 1. The predicted molar refractivity (Wildman–Crippen MR) is 128 cm³/mol. The van der Waals surface area contributed by atoms with Crippen LogP contribution in [0.4, 0.5) is 5.95 Å². The summed E-state index contributed by atoms with van der Waals surface area (Å²) in [5.41, 5.74) is 3.73. The van der Waals surface area contributed by atoms with Gasteiger partial charge in [-0.05, 0) is 55.5 Å². The van der Waals surface area contributed by atoms with Crippen LogP contribution in [0.1, 0.15) is 40.7 Å². The number of rotatable bonds is 3. The highest BCUT2D eigenvalue weighted by Crippen LogP contribution is 2.34. The molecule has 5 rings (SSSR count). The van der Waals surface area contributed by atoms with Crippen LogP contribution in [0.25, 0.3) is 11.3 Å². The van der Waals surface area contributed by atoms with E-state index in [1.165, 1.54) is 12.1 Å². The maximum Gasteiger partial charge on any atom is 0.264 e. The lowest BCUT2D eigenvalue weighted by Crippen LogP contribution is -2.39. The Hall–Kier alpha value is -3.46. The van der Waals surface area contributed by atoms with Crippen LogP contribution in [-0.2, 0) is 10.0 Å². The number of anilines is 1. The Morgan fingerprint density at radius 3 is 2.50 bits per heavy atom. The lowest BCUT2D eigenvalue weighted by Gasteiger charge is -2.19. The van der Waals surface area contributed by atoms with Crippen molar-refractivity contribution in [3.05, 3.63) is 65.2 Å². The van der Waals surface area contributed by atoms with Gasteiger partial charge in [0.25, 0.3) is 15.9 Å². The number of benzene rings is 2. The van der Waals surface area contributed by atoms with Gasteiger partial charge >= 0.3 is 0 Å². The molecule has 1 saturated carbocycles. The number of aryl methyl sites for hydroxylation is 2. The number of amides is 1. The Bertz CT molecular complexity index is 1350. The Labute approximate surface area is 198 Å². The van der Waals surface area contributed by atoms with Crippen LogP contribution in [0.3, 0.4) is 0 Å². The van der Waals surface area contributed by atoms with Gasteiger partial charge < -0.3 is 10.1 Å². The van der Waals surface area contributed by atoms with Crippen molar-refractivity contribution in [1.82, 2.24) is 15.3 Å². The smallest absolute Gasteiger partial charge is 0.264 e. The van der Waals surface area contributed by atoms with Crippen LogP contribution in [0.5, 0.6) is 5.88 Å². The average molecular weight is 479 g/mol. The molecule has 1 aromatic heterocycles. The first-order valence-corrected chi connectivity index (χ1v) is 12.8. The SMILES string of the molecule is Cc1cccc(C)c1-c1cc2nc(n1)NS(=O)(=O)c1cccc(c1)C(=O)N[C@H](CC1CC1)CO2. The second-order valence-electron chi connectivity index (χ2n) is 8.98. The number of ether oxygens (including phenoxy) is 1. The van der Waals surface area contributed by atoms with E-state index in [1.807, 2.05) is 32.0 Å². The lowest BCUT2D eigenvalue weighted by molar-refractivity contribution is 0.0915. The number of nitrogens with one attached hydrogen (secondary N) is 2. The fourth-order valence-electron chi connectivity index (χ4n) is 4.25. The number of fused-ring (bicyclic) bond motifs is 4. The highest BCUT2D eigenvalue weighted by atomic mass is 32.2. The highest BCUT2D eigenvalue weighted by molar-refractivity contribution is 7.92. The summed E-state index contributed by atoms with van der Waals surface area (Å²) in [4.78, 5) is 21.7. The van der Waals surface area contributed by atoms with Crippen molar-refractivity contribution in [3.63, 3.8) is 0 Å². The maximum absolute atomic E-state index is 13.1. The molecule has 2 aromatic carbocycles.